The SMILES string of the molecule is [2H]C([2H])([2H])n1cc(C(F)(F)F)nc1-c1ccc(Cc2nn(-c3c(OC)ncnc3C3CC3)c3cncnc23)cc1. The molecule has 0 N–H and O–H groups in total. The fourth-order valence-electron chi connectivity index (χ4n) is 4.28. The Balaban J connectivity index is 1.38. The minimum absolute atomic E-state index is 0.230. The third kappa shape index (κ3) is 4.17. The van der Waals surface area contributed by atoms with Crippen LogP contribution in [0.3, 0.4) is 0 Å². The van der Waals surface area contributed by atoms with Crippen molar-refractivity contribution in [1.29, 1.82) is 0 Å². The first-order chi connectivity index (χ1) is 19.0. The van der Waals surface area contributed by atoms with Gasteiger partial charge in [0.1, 0.15) is 35.2 Å². The van der Waals surface area contributed by atoms with Gasteiger partial charge in [0.15, 0.2) is 5.69 Å². The lowest BCUT2D eigenvalue weighted by Gasteiger charge is -2.12. The number of aromatic nitrogens is 8. The maximum absolute atomic E-state index is 13.3. The summed E-state index contributed by atoms with van der Waals surface area (Å²) in [6, 6.07) is 6.45. The smallest absolute Gasteiger partial charge is 0.434 e. The highest BCUT2D eigenvalue weighted by atomic mass is 19.4. The second kappa shape index (κ2) is 8.64. The summed E-state index contributed by atoms with van der Waals surface area (Å²) in [6.45, 7) is -2.84. The lowest BCUT2D eigenvalue weighted by Crippen LogP contribution is -2.08. The van der Waals surface area contributed by atoms with Crippen molar-refractivity contribution >= 4 is 11.0 Å². The van der Waals surface area contributed by atoms with Crippen LogP contribution in [0.2, 0.25) is 0 Å². The van der Waals surface area contributed by atoms with Gasteiger partial charge in [-0.3, -0.25) is 0 Å². The highest BCUT2D eigenvalue weighted by Gasteiger charge is 2.35. The average Bonchev–Trinajstić information content (AvgIpc) is 3.55. The van der Waals surface area contributed by atoms with Crippen LogP contribution in [0.25, 0.3) is 28.1 Å². The van der Waals surface area contributed by atoms with Crippen LogP contribution in [0.1, 0.15) is 45.5 Å². The molecule has 188 valence electrons. The number of fused-ring (bicyclic) bond motifs is 1. The van der Waals surface area contributed by atoms with E-state index in [1.165, 1.54) is 31.9 Å². The largest absolute Gasteiger partial charge is 0.479 e. The molecule has 5 aromatic rings. The van der Waals surface area contributed by atoms with Crippen molar-refractivity contribution in [3.05, 3.63) is 72.0 Å². The number of benzene rings is 1. The van der Waals surface area contributed by atoms with Crippen molar-refractivity contribution in [1.82, 2.24) is 39.3 Å². The van der Waals surface area contributed by atoms with E-state index in [0.717, 1.165) is 24.1 Å². The van der Waals surface area contributed by atoms with Crippen LogP contribution >= 0.6 is 0 Å². The van der Waals surface area contributed by atoms with Gasteiger partial charge in [0, 0.05) is 35.2 Å². The Hall–Kier alpha value is -4.35. The van der Waals surface area contributed by atoms with Crippen LogP contribution in [0, 0.1) is 0 Å². The molecule has 0 bridgehead atoms. The van der Waals surface area contributed by atoms with E-state index in [1.54, 1.807) is 23.0 Å². The standard InChI is InChI=1S/C25H21F3N8O/c1-35-11-19(25(26,27)28)33-23(35)16-5-3-14(4-6-16)9-17-21-18(10-29-12-30-21)36(34-17)22-20(15-7-8-15)31-13-32-24(22)37-2/h3-6,10-13,15H,7-9H2,1-2H3/i1D3. The Labute approximate surface area is 213 Å². The van der Waals surface area contributed by atoms with Crippen molar-refractivity contribution < 1.29 is 22.0 Å². The number of aryl methyl sites for hydroxylation is 1. The molecule has 0 saturated heterocycles. The maximum atomic E-state index is 13.3. The first kappa shape index (κ1) is 19.8. The maximum Gasteiger partial charge on any atom is 0.434 e. The number of ether oxygens (including phenoxy) is 1. The van der Waals surface area contributed by atoms with Gasteiger partial charge in [-0.2, -0.15) is 23.3 Å². The number of hydrogen-bond acceptors (Lipinski definition) is 7. The molecule has 12 heteroatoms. The summed E-state index contributed by atoms with van der Waals surface area (Å²) < 4.78 is 70.5. The lowest BCUT2D eigenvalue weighted by atomic mass is 10.1. The van der Waals surface area contributed by atoms with E-state index in [4.69, 9.17) is 13.9 Å². The fourth-order valence-corrected chi connectivity index (χ4v) is 4.28. The number of alkyl halides is 3. The van der Waals surface area contributed by atoms with Crippen LogP contribution in [0.5, 0.6) is 5.88 Å². The average molecular weight is 510 g/mol. The zero-order chi connectivity index (χ0) is 28.2. The third-order valence-electron chi connectivity index (χ3n) is 6.18. The Morgan fingerprint density at radius 3 is 2.62 bits per heavy atom. The normalized spacial score (nSPS) is 15.4. The molecule has 9 nitrogen and oxygen atoms in total. The van der Waals surface area contributed by atoms with E-state index in [-0.39, 0.29) is 17.3 Å². The molecule has 1 aliphatic rings. The predicted molar refractivity (Wildman–Crippen MR) is 127 cm³/mol. The summed E-state index contributed by atoms with van der Waals surface area (Å²) in [5.74, 6) is 0.362. The second-order valence-electron chi connectivity index (χ2n) is 8.70. The van der Waals surface area contributed by atoms with Crippen LogP contribution in [-0.2, 0) is 19.6 Å². The molecule has 0 spiro atoms. The molecule has 0 radical (unpaired) electrons. The van der Waals surface area contributed by atoms with Gasteiger partial charge in [0.05, 0.1) is 24.7 Å². The van der Waals surface area contributed by atoms with Crippen molar-refractivity contribution in [3.63, 3.8) is 0 Å². The van der Waals surface area contributed by atoms with Crippen molar-refractivity contribution in [3.8, 4) is 23.0 Å². The molecule has 0 atom stereocenters. The Morgan fingerprint density at radius 1 is 1.11 bits per heavy atom. The van der Waals surface area contributed by atoms with Gasteiger partial charge in [0.2, 0.25) is 5.88 Å². The van der Waals surface area contributed by atoms with E-state index in [1.807, 2.05) is 0 Å². The van der Waals surface area contributed by atoms with Gasteiger partial charge < -0.3 is 9.30 Å². The summed E-state index contributed by atoms with van der Waals surface area (Å²) in [5.41, 5.74) is 3.07. The molecule has 4 aromatic heterocycles. The first-order valence-electron chi connectivity index (χ1n) is 12.9. The van der Waals surface area contributed by atoms with Gasteiger partial charge in [-0.25, -0.2) is 24.6 Å². The molecule has 6 rings (SSSR count). The van der Waals surface area contributed by atoms with Crippen LogP contribution < -0.4 is 4.74 Å². The molecule has 1 saturated carbocycles. The summed E-state index contributed by atoms with van der Waals surface area (Å²) >= 11 is 0. The van der Waals surface area contributed by atoms with Crippen LogP contribution in [-0.4, -0.2) is 46.4 Å². The van der Waals surface area contributed by atoms with Crippen molar-refractivity contribution in [2.75, 3.05) is 7.11 Å². The van der Waals surface area contributed by atoms with Gasteiger partial charge in [0.25, 0.3) is 0 Å². The minimum Gasteiger partial charge on any atom is -0.479 e. The van der Waals surface area contributed by atoms with Crippen LogP contribution in [0.15, 0.2) is 49.3 Å². The quantitative estimate of drug-likeness (QED) is 0.333. The number of halogens is 3. The van der Waals surface area contributed by atoms with Gasteiger partial charge in [-0.05, 0) is 18.4 Å². The second-order valence-corrected chi connectivity index (χ2v) is 8.70. The first-order valence-corrected chi connectivity index (χ1v) is 11.4. The molecule has 37 heavy (non-hydrogen) atoms. The molecule has 0 unspecified atom stereocenters. The number of hydrogen-bond donors (Lipinski definition) is 0. The zero-order valence-electron chi connectivity index (χ0n) is 22.4. The molecule has 4 heterocycles. The number of methoxy groups -OCH3 is 1. The van der Waals surface area contributed by atoms with E-state index in [9.17, 15) is 13.2 Å². The van der Waals surface area contributed by atoms with Crippen LogP contribution in [0.4, 0.5) is 13.2 Å². The summed E-state index contributed by atoms with van der Waals surface area (Å²) in [6.07, 6.45) is 2.61. The van der Waals surface area contributed by atoms with Gasteiger partial charge in [-0.1, -0.05) is 24.3 Å². The van der Waals surface area contributed by atoms with E-state index >= 15 is 0 Å². The number of nitrogens with zero attached hydrogens (tertiary/aromatic N) is 8. The molecular formula is C25H21F3N8O. The summed E-state index contributed by atoms with van der Waals surface area (Å²) in [5, 5.41) is 4.83. The molecular weight excluding hydrogens is 485 g/mol. The topological polar surface area (TPSA) is 96.4 Å². The monoisotopic (exact) mass is 509 g/mol. The van der Waals surface area contributed by atoms with Crippen molar-refractivity contribution in [2.45, 2.75) is 31.4 Å². The summed E-state index contributed by atoms with van der Waals surface area (Å²) in [7, 11) is 1.53. The minimum atomic E-state index is -4.78. The molecule has 1 aromatic carbocycles. The highest BCUT2D eigenvalue weighted by Crippen LogP contribution is 2.43. The summed E-state index contributed by atoms with van der Waals surface area (Å²) in [4.78, 5) is 20.9. The zero-order valence-corrected chi connectivity index (χ0v) is 19.4. The van der Waals surface area contributed by atoms with Crippen molar-refractivity contribution in [2.24, 2.45) is 6.98 Å². The fraction of sp³-hybridized carbons (Fsp3) is 0.280. The molecule has 0 aliphatic heterocycles. The predicted octanol–water partition coefficient (Wildman–Crippen LogP) is 4.50. The Kier molecular flexibility index (Phi) is 4.62. The molecule has 1 fully saturated rings. The number of imidazole rings is 1. The Bertz CT molecular complexity index is 1710. The molecule has 1 aliphatic carbocycles. The Morgan fingerprint density at radius 2 is 1.92 bits per heavy atom. The van der Waals surface area contributed by atoms with Gasteiger partial charge >= 0.3 is 6.18 Å². The van der Waals surface area contributed by atoms with E-state index < -0.39 is 18.8 Å². The third-order valence-corrected chi connectivity index (χ3v) is 6.18. The molecule has 0 amide bonds. The highest BCUT2D eigenvalue weighted by molar-refractivity contribution is 5.79. The van der Waals surface area contributed by atoms with E-state index in [0.29, 0.717) is 45.5 Å². The van der Waals surface area contributed by atoms with E-state index in [2.05, 4.69) is 24.9 Å². The lowest BCUT2D eigenvalue weighted by molar-refractivity contribution is -0.140. The van der Waals surface area contributed by atoms with Gasteiger partial charge in [-0.15, -0.1) is 0 Å². The number of rotatable bonds is 6.